The monoisotopic (exact) mass is 286 g/mol. The average Bonchev–Trinajstić information content (AvgIpc) is 2.50. The molecule has 5 heteroatoms. The van der Waals surface area contributed by atoms with Crippen LogP contribution in [0.25, 0.3) is 0 Å². The van der Waals surface area contributed by atoms with Gasteiger partial charge in [0, 0.05) is 37.6 Å². The van der Waals surface area contributed by atoms with Gasteiger partial charge in [-0.25, -0.2) is 9.97 Å². The molecule has 5 nitrogen and oxygen atoms in total. The van der Waals surface area contributed by atoms with E-state index in [4.69, 9.17) is 4.74 Å². The predicted molar refractivity (Wildman–Crippen MR) is 84.6 cm³/mol. The highest BCUT2D eigenvalue weighted by molar-refractivity contribution is 5.35. The zero-order valence-electron chi connectivity index (χ0n) is 13.1. The van der Waals surface area contributed by atoms with Gasteiger partial charge in [-0.15, -0.1) is 0 Å². The van der Waals surface area contributed by atoms with E-state index in [0.717, 1.165) is 36.0 Å². The van der Waals surface area contributed by atoms with Gasteiger partial charge in [-0.2, -0.15) is 0 Å². The van der Waals surface area contributed by atoms with Gasteiger partial charge in [0.15, 0.2) is 0 Å². The quantitative estimate of drug-likeness (QED) is 0.882. The number of nitrogens with one attached hydrogen (secondary N) is 1. The van der Waals surface area contributed by atoms with Gasteiger partial charge in [-0.3, -0.25) is 0 Å². The fourth-order valence-electron chi connectivity index (χ4n) is 2.10. The van der Waals surface area contributed by atoms with E-state index in [1.54, 1.807) is 7.11 Å². The SMILES string of the molecule is CNCc1cnc(N(C)Cc2ccc(OC)cc2)nc1C. The predicted octanol–water partition coefficient (Wildman–Crippen LogP) is 2.15. The Morgan fingerprint density at radius 3 is 2.52 bits per heavy atom. The third kappa shape index (κ3) is 3.92. The van der Waals surface area contributed by atoms with E-state index in [0.29, 0.717) is 0 Å². The topological polar surface area (TPSA) is 50.3 Å². The summed E-state index contributed by atoms with van der Waals surface area (Å²) in [5.41, 5.74) is 3.33. The van der Waals surface area contributed by atoms with E-state index in [-0.39, 0.29) is 0 Å². The van der Waals surface area contributed by atoms with Crippen molar-refractivity contribution in [2.45, 2.75) is 20.0 Å². The summed E-state index contributed by atoms with van der Waals surface area (Å²) in [5, 5.41) is 3.12. The Balaban J connectivity index is 2.08. The Labute approximate surface area is 126 Å². The van der Waals surface area contributed by atoms with Gasteiger partial charge in [0.05, 0.1) is 7.11 Å². The molecule has 0 fully saturated rings. The molecule has 0 aliphatic heterocycles. The van der Waals surface area contributed by atoms with Crippen molar-refractivity contribution in [3.63, 3.8) is 0 Å². The highest BCUT2D eigenvalue weighted by atomic mass is 16.5. The maximum Gasteiger partial charge on any atom is 0.225 e. The largest absolute Gasteiger partial charge is 0.497 e. The van der Waals surface area contributed by atoms with E-state index in [1.807, 2.05) is 44.2 Å². The Kier molecular flexibility index (Phi) is 5.11. The molecule has 112 valence electrons. The molecular formula is C16H22N4O. The molecule has 0 aliphatic carbocycles. The minimum absolute atomic E-state index is 0.739. The zero-order valence-corrected chi connectivity index (χ0v) is 13.1. The number of rotatable bonds is 6. The molecular weight excluding hydrogens is 264 g/mol. The number of anilines is 1. The lowest BCUT2D eigenvalue weighted by molar-refractivity contribution is 0.414. The zero-order chi connectivity index (χ0) is 15.2. The van der Waals surface area contributed by atoms with E-state index in [2.05, 4.69) is 27.4 Å². The summed E-state index contributed by atoms with van der Waals surface area (Å²) in [5.74, 6) is 1.60. The summed E-state index contributed by atoms with van der Waals surface area (Å²) in [6, 6.07) is 8.03. The van der Waals surface area contributed by atoms with Crippen molar-refractivity contribution >= 4 is 5.95 Å². The van der Waals surface area contributed by atoms with Crippen LogP contribution in [0.2, 0.25) is 0 Å². The summed E-state index contributed by atoms with van der Waals surface area (Å²) >= 11 is 0. The fourth-order valence-corrected chi connectivity index (χ4v) is 2.10. The normalized spacial score (nSPS) is 10.5. The summed E-state index contributed by atoms with van der Waals surface area (Å²) < 4.78 is 5.17. The van der Waals surface area contributed by atoms with Crippen LogP contribution in [-0.4, -0.2) is 31.2 Å². The van der Waals surface area contributed by atoms with Gasteiger partial charge < -0.3 is 15.0 Å². The maximum absolute atomic E-state index is 5.17. The number of hydrogen-bond donors (Lipinski definition) is 1. The minimum Gasteiger partial charge on any atom is -0.497 e. The summed E-state index contributed by atoms with van der Waals surface area (Å²) in [4.78, 5) is 11.0. The van der Waals surface area contributed by atoms with Crippen molar-refractivity contribution in [1.82, 2.24) is 15.3 Å². The molecule has 2 rings (SSSR count). The number of hydrogen-bond acceptors (Lipinski definition) is 5. The molecule has 0 bridgehead atoms. The second-order valence-electron chi connectivity index (χ2n) is 5.02. The summed E-state index contributed by atoms with van der Waals surface area (Å²) in [6.45, 7) is 3.56. The standard InChI is InChI=1S/C16H22N4O/c1-12-14(9-17-2)10-18-16(19-12)20(3)11-13-5-7-15(21-4)8-6-13/h5-8,10,17H,9,11H2,1-4H3. The third-order valence-electron chi connectivity index (χ3n) is 3.36. The van der Waals surface area contributed by atoms with E-state index in [9.17, 15) is 0 Å². The molecule has 0 atom stereocenters. The maximum atomic E-state index is 5.17. The van der Waals surface area contributed by atoms with Gasteiger partial charge in [0.1, 0.15) is 5.75 Å². The van der Waals surface area contributed by atoms with Crippen molar-refractivity contribution in [1.29, 1.82) is 0 Å². The first-order valence-corrected chi connectivity index (χ1v) is 6.95. The van der Waals surface area contributed by atoms with Crippen LogP contribution in [0.1, 0.15) is 16.8 Å². The van der Waals surface area contributed by atoms with Gasteiger partial charge in [-0.05, 0) is 31.7 Å². The van der Waals surface area contributed by atoms with Crippen LogP contribution in [0.3, 0.4) is 0 Å². The second-order valence-corrected chi connectivity index (χ2v) is 5.02. The van der Waals surface area contributed by atoms with Gasteiger partial charge in [0.2, 0.25) is 5.95 Å². The molecule has 21 heavy (non-hydrogen) atoms. The first-order valence-electron chi connectivity index (χ1n) is 6.95. The van der Waals surface area contributed by atoms with Crippen LogP contribution < -0.4 is 15.0 Å². The van der Waals surface area contributed by atoms with Crippen LogP contribution >= 0.6 is 0 Å². The van der Waals surface area contributed by atoms with Gasteiger partial charge in [0.25, 0.3) is 0 Å². The minimum atomic E-state index is 0.739. The number of aryl methyl sites for hydroxylation is 1. The molecule has 0 spiro atoms. The number of ether oxygens (including phenoxy) is 1. The Hall–Kier alpha value is -2.14. The molecule has 1 N–H and O–H groups in total. The van der Waals surface area contributed by atoms with Crippen molar-refractivity contribution in [2.75, 3.05) is 26.1 Å². The fraction of sp³-hybridized carbons (Fsp3) is 0.375. The second kappa shape index (κ2) is 7.04. The van der Waals surface area contributed by atoms with Crippen molar-refractivity contribution in [3.8, 4) is 5.75 Å². The highest BCUT2D eigenvalue weighted by Gasteiger charge is 2.08. The number of benzene rings is 1. The first kappa shape index (κ1) is 15.3. The van der Waals surface area contributed by atoms with E-state index < -0.39 is 0 Å². The number of aromatic nitrogens is 2. The smallest absolute Gasteiger partial charge is 0.225 e. The molecule has 0 aliphatic rings. The first-order chi connectivity index (χ1) is 10.1. The molecule has 0 amide bonds. The lowest BCUT2D eigenvalue weighted by atomic mass is 10.2. The Morgan fingerprint density at radius 2 is 1.95 bits per heavy atom. The van der Waals surface area contributed by atoms with Gasteiger partial charge in [-0.1, -0.05) is 12.1 Å². The van der Waals surface area contributed by atoms with Gasteiger partial charge >= 0.3 is 0 Å². The van der Waals surface area contributed by atoms with Crippen LogP contribution in [0.15, 0.2) is 30.5 Å². The average molecular weight is 286 g/mol. The summed E-state index contributed by atoms with van der Waals surface area (Å²) in [6.07, 6.45) is 1.89. The molecule has 0 radical (unpaired) electrons. The molecule has 0 unspecified atom stereocenters. The van der Waals surface area contributed by atoms with Crippen molar-refractivity contribution in [3.05, 3.63) is 47.3 Å². The van der Waals surface area contributed by atoms with Crippen LogP contribution in [0, 0.1) is 6.92 Å². The number of methoxy groups -OCH3 is 1. The highest BCUT2D eigenvalue weighted by Crippen LogP contribution is 2.15. The van der Waals surface area contributed by atoms with Crippen LogP contribution in [-0.2, 0) is 13.1 Å². The molecule has 1 aromatic heterocycles. The van der Waals surface area contributed by atoms with E-state index in [1.165, 1.54) is 5.56 Å². The van der Waals surface area contributed by atoms with Crippen molar-refractivity contribution in [2.24, 2.45) is 0 Å². The lowest BCUT2D eigenvalue weighted by Crippen LogP contribution is -2.20. The lowest BCUT2D eigenvalue weighted by Gasteiger charge is -2.18. The number of nitrogens with zero attached hydrogens (tertiary/aromatic N) is 3. The molecule has 2 aromatic rings. The van der Waals surface area contributed by atoms with Crippen molar-refractivity contribution < 1.29 is 4.74 Å². The van der Waals surface area contributed by atoms with E-state index >= 15 is 0 Å². The van der Waals surface area contributed by atoms with Crippen LogP contribution in [0.5, 0.6) is 5.75 Å². The third-order valence-corrected chi connectivity index (χ3v) is 3.36. The Morgan fingerprint density at radius 1 is 1.24 bits per heavy atom. The summed E-state index contributed by atoms with van der Waals surface area (Å²) in [7, 11) is 5.59. The molecule has 1 aromatic carbocycles. The Bertz CT molecular complexity index is 583. The molecule has 0 saturated heterocycles. The van der Waals surface area contributed by atoms with Crippen LogP contribution in [0.4, 0.5) is 5.95 Å². The molecule has 1 heterocycles. The molecule has 0 saturated carbocycles.